The molecule has 0 radical (unpaired) electrons. The number of unbranched alkanes of at least 4 members (excludes halogenated alkanes) is 1. The average Bonchev–Trinajstić information content (AvgIpc) is 3.16. The largest absolute Gasteiger partial charge is 0.348 e. The first kappa shape index (κ1) is 14.7. The molecule has 0 fully saturated rings. The van der Waals surface area contributed by atoms with Gasteiger partial charge < -0.3 is 10.6 Å². The van der Waals surface area contributed by atoms with E-state index >= 15 is 0 Å². The lowest BCUT2D eigenvalue weighted by Crippen LogP contribution is -2.14. The van der Waals surface area contributed by atoms with Crippen LogP contribution in [-0.2, 0) is 13.1 Å². The molecular formula is C15H14N6O2. The number of benzene rings is 1. The topological polar surface area (TPSA) is 113 Å². The SMILES string of the molecule is N#CCCCn1cc(C(=O)Nc2cccc3c2CNC3=O)nn1. The number of nitrogens with one attached hydrogen (secondary N) is 2. The number of carbonyl (C=O) groups excluding carboxylic acids is 2. The predicted molar refractivity (Wildman–Crippen MR) is 80.4 cm³/mol. The minimum atomic E-state index is -0.385. The van der Waals surface area contributed by atoms with Crippen LogP contribution in [0.5, 0.6) is 0 Å². The molecule has 0 saturated heterocycles. The Morgan fingerprint density at radius 1 is 1.48 bits per heavy atom. The van der Waals surface area contributed by atoms with E-state index in [9.17, 15) is 9.59 Å². The third kappa shape index (κ3) is 3.03. The third-order valence-electron chi connectivity index (χ3n) is 3.54. The Bertz CT molecular complexity index is 805. The van der Waals surface area contributed by atoms with Crippen LogP contribution in [0.1, 0.15) is 39.3 Å². The molecule has 2 heterocycles. The molecule has 23 heavy (non-hydrogen) atoms. The van der Waals surface area contributed by atoms with E-state index in [2.05, 4.69) is 27.0 Å². The average molecular weight is 310 g/mol. The summed E-state index contributed by atoms with van der Waals surface area (Å²) in [5, 5.41) is 21.7. The molecule has 116 valence electrons. The lowest BCUT2D eigenvalue weighted by Gasteiger charge is -2.07. The second kappa shape index (κ2) is 6.27. The molecule has 2 aromatic rings. The van der Waals surface area contributed by atoms with Gasteiger partial charge in [-0.3, -0.25) is 14.3 Å². The lowest BCUT2D eigenvalue weighted by atomic mass is 10.1. The summed E-state index contributed by atoms with van der Waals surface area (Å²) in [6.07, 6.45) is 2.62. The molecule has 0 spiro atoms. The van der Waals surface area contributed by atoms with Crippen LogP contribution in [0.25, 0.3) is 0 Å². The van der Waals surface area contributed by atoms with E-state index in [1.54, 1.807) is 24.4 Å². The molecule has 2 N–H and O–H groups in total. The summed E-state index contributed by atoms with van der Waals surface area (Å²) in [4.78, 5) is 23.9. The van der Waals surface area contributed by atoms with Crippen molar-refractivity contribution in [1.82, 2.24) is 20.3 Å². The van der Waals surface area contributed by atoms with Gasteiger partial charge in [0.05, 0.1) is 12.3 Å². The van der Waals surface area contributed by atoms with Crippen molar-refractivity contribution in [2.75, 3.05) is 5.32 Å². The second-order valence-electron chi connectivity index (χ2n) is 5.10. The fraction of sp³-hybridized carbons (Fsp3) is 0.267. The number of fused-ring (bicyclic) bond motifs is 1. The van der Waals surface area contributed by atoms with Gasteiger partial charge in [0, 0.05) is 36.3 Å². The first-order chi connectivity index (χ1) is 11.2. The van der Waals surface area contributed by atoms with Crippen LogP contribution in [-0.4, -0.2) is 26.8 Å². The first-order valence-electron chi connectivity index (χ1n) is 7.17. The molecule has 1 aromatic carbocycles. The Balaban J connectivity index is 1.71. The van der Waals surface area contributed by atoms with Gasteiger partial charge >= 0.3 is 0 Å². The molecule has 0 atom stereocenters. The van der Waals surface area contributed by atoms with Gasteiger partial charge in [0.15, 0.2) is 5.69 Å². The Labute approximate surface area is 132 Å². The van der Waals surface area contributed by atoms with E-state index in [0.717, 1.165) is 5.56 Å². The summed E-state index contributed by atoms with van der Waals surface area (Å²) in [5.74, 6) is -0.524. The second-order valence-corrected chi connectivity index (χ2v) is 5.10. The number of nitrogens with zero attached hydrogens (tertiary/aromatic N) is 4. The standard InChI is InChI=1S/C15H14N6O2/c16-6-1-2-7-21-9-13(19-20-21)15(23)18-12-5-3-4-10-11(12)8-17-14(10)22/h3-5,9H,1-2,7-8H2,(H,17,22)(H,18,23). The van der Waals surface area contributed by atoms with Crippen molar-refractivity contribution in [3.63, 3.8) is 0 Å². The molecule has 8 nitrogen and oxygen atoms in total. The van der Waals surface area contributed by atoms with Crippen molar-refractivity contribution in [2.45, 2.75) is 25.9 Å². The van der Waals surface area contributed by atoms with Crippen LogP contribution in [0.4, 0.5) is 5.69 Å². The molecule has 0 saturated carbocycles. The zero-order valence-corrected chi connectivity index (χ0v) is 12.2. The summed E-state index contributed by atoms with van der Waals surface area (Å²) in [5.41, 5.74) is 2.12. The van der Waals surface area contributed by atoms with Crippen LogP contribution in [0.15, 0.2) is 24.4 Å². The Hall–Kier alpha value is -3.21. The number of hydrogen-bond donors (Lipinski definition) is 2. The number of aromatic nitrogens is 3. The first-order valence-corrected chi connectivity index (χ1v) is 7.17. The van der Waals surface area contributed by atoms with Crippen LogP contribution in [0.2, 0.25) is 0 Å². The van der Waals surface area contributed by atoms with E-state index in [1.807, 2.05) is 0 Å². The summed E-state index contributed by atoms with van der Waals surface area (Å²) < 4.78 is 1.53. The van der Waals surface area contributed by atoms with Gasteiger partial charge in [0.2, 0.25) is 0 Å². The summed E-state index contributed by atoms with van der Waals surface area (Å²) in [7, 11) is 0. The highest BCUT2D eigenvalue weighted by molar-refractivity contribution is 6.06. The number of hydrogen-bond acceptors (Lipinski definition) is 5. The Morgan fingerprint density at radius 3 is 3.17 bits per heavy atom. The van der Waals surface area contributed by atoms with Crippen molar-refractivity contribution in [3.05, 3.63) is 41.2 Å². The quantitative estimate of drug-likeness (QED) is 0.802. The van der Waals surface area contributed by atoms with Crippen molar-refractivity contribution in [1.29, 1.82) is 5.26 Å². The number of anilines is 1. The molecule has 8 heteroatoms. The minimum Gasteiger partial charge on any atom is -0.348 e. The highest BCUT2D eigenvalue weighted by Gasteiger charge is 2.22. The number of carbonyl (C=O) groups is 2. The van der Waals surface area contributed by atoms with E-state index in [-0.39, 0.29) is 17.5 Å². The molecule has 1 aliphatic heterocycles. The van der Waals surface area contributed by atoms with Gasteiger partial charge in [-0.2, -0.15) is 5.26 Å². The molecule has 2 amide bonds. The fourth-order valence-corrected chi connectivity index (χ4v) is 2.39. The molecular weight excluding hydrogens is 296 g/mol. The molecule has 0 aliphatic carbocycles. The van der Waals surface area contributed by atoms with Crippen molar-refractivity contribution in [2.24, 2.45) is 0 Å². The maximum Gasteiger partial charge on any atom is 0.277 e. The highest BCUT2D eigenvalue weighted by Crippen LogP contribution is 2.24. The maximum absolute atomic E-state index is 12.3. The summed E-state index contributed by atoms with van der Waals surface area (Å²) in [6.45, 7) is 0.929. The van der Waals surface area contributed by atoms with Crippen LogP contribution < -0.4 is 10.6 Å². The summed E-state index contributed by atoms with van der Waals surface area (Å²) in [6, 6.07) is 7.24. The summed E-state index contributed by atoms with van der Waals surface area (Å²) >= 11 is 0. The van der Waals surface area contributed by atoms with Crippen LogP contribution in [0, 0.1) is 11.3 Å². The van der Waals surface area contributed by atoms with Crippen molar-refractivity contribution in [3.8, 4) is 6.07 Å². The van der Waals surface area contributed by atoms with Crippen LogP contribution in [0.3, 0.4) is 0 Å². The molecule has 3 rings (SSSR count). The van der Waals surface area contributed by atoms with E-state index < -0.39 is 0 Å². The monoisotopic (exact) mass is 310 g/mol. The predicted octanol–water partition coefficient (Wildman–Crippen LogP) is 1.08. The molecule has 1 aliphatic rings. The van der Waals surface area contributed by atoms with E-state index in [1.165, 1.54) is 4.68 Å². The normalized spacial score (nSPS) is 12.4. The number of aryl methyl sites for hydroxylation is 1. The highest BCUT2D eigenvalue weighted by atomic mass is 16.2. The molecule has 1 aromatic heterocycles. The Kier molecular flexibility index (Phi) is 4.01. The molecule has 0 bridgehead atoms. The lowest BCUT2D eigenvalue weighted by molar-refractivity contribution is 0.0964. The number of rotatable bonds is 5. The fourth-order valence-electron chi connectivity index (χ4n) is 2.39. The molecule has 0 unspecified atom stereocenters. The van der Waals surface area contributed by atoms with E-state index in [0.29, 0.717) is 37.2 Å². The van der Waals surface area contributed by atoms with Crippen LogP contribution >= 0.6 is 0 Å². The Morgan fingerprint density at radius 2 is 2.35 bits per heavy atom. The van der Waals surface area contributed by atoms with Crippen molar-refractivity contribution >= 4 is 17.5 Å². The minimum absolute atomic E-state index is 0.139. The zero-order valence-electron chi connectivity index (χ0n) is 12.2. The third-order valence-corrected chi connectivity index (χ3v) is 3.54. The van der Waals surface area contributed by atoms with Gasteiger partial charge in [-0.15, -0.1) is 5.10 Å². The van der Waals surface area contributed by atoms with Gasteiger partial charge in [-0.1, -0.05) is 11.3 Å². The zero-order chi connectivity index (χ0) is 16.2. The van der Waals surface area contributed by atoms with E-state index in [4.69, 9.17) is 5.26 Å². The van der Waals surface area contributed by atoms with Gasteiger partial charge in [-0.25, -0.2) is 0 Å². The number of amides is 2. The smallest absolute Gasteiger partial charge is 0.277 e. The van der Waals surface area contributed by atoms with Gasteiger partial charge in [0.1, 0.15) is 0 Å². The van der Waals surface area contributed by atoms with Gasteiger partial charge in [0.25, 0.3) is 11.8 Å². The van der Waals surface area contributed by atoms with Gasteiger partial charge in [-0.05, 0) is 18.6 Å². The van der Waals surface area contributed by atoms with Crippen molar-refractivity contribution < 1.29 is 9.59 Å². The number of nitriles is 1. The maximum atomic E-state index is 12.3.